The van der Waals surface area contributed by atoms with Crippen molar-refractivity contribution in [3.8, 4) is 0 Å². The molecule has 7 nitrogen and oxygen atoms in total. The Balaban J connectivity index is 1.61. The van der Waals surface area contributed by atoms with Gasteiger partial charge < -0.3 is 5.32 Å². The third-order valence-electron chi connectivity index (χ3n) is 3.97. The topological polar surface area (TPSA) is 92.6 Å². The van der Waals surface area contributed by atoms with Gasteiger partial charge in [-0.05, 0) is 30.4 Å². The highest BCUT2D eigenvalue weighted by Gasteiger charge is 2.30. The SMILES string of the molecule is O=[N+]([O-])c1cccc(NC2CCN(S(=O)(=O)c3cccs3)CC2)c1. The molecule has 0 atom stereocenters. The minimum atomic E-state index is -3.40. The summed E-state index contributed by atoms with van der Waals surface area (Å²) in [7, 11) is -3.40. The van der Waals surface area contributed by atoms with E-state index in [-0.39, 0.29) is 11.7 Å². The van der Waals surface area contributed by atoms with E-state index < -0.39 is 14.9 Å². The van der Waals surface area contributed by atoms with Crippen molar-refractivity contribution in [3.63, 3.8) is 0 Å². The summed E-state index contributed by atoms with van der Waals surface area (Å²) in [6, 6.07) is 9.80. The number of non-ortho nitro benzene ring substituents is 1. The lowest BCUT2D eigenvalue weighted by molar-refractivity contribution is -0.384. The Kier molecular flexibility index (Phi) is 4.83. The third-order valence-corrected chi connectivity index (χ3v) is 7.24. The summed E-state index contributed by atoms with van der Waals surface area (Å²) in [5, 5.41) is 15.8. The van der Waals surface area contributed by atoms with Crippen LogP contribution in [0.5, 0.6) is 0 Å². The predicted octanol–water partition coefficient (Wildman–Crippen LogP) is 2.92. The van der Waals surface area contributed by atoms with Gasteiger partial charge in [0.2, 0.25) is 0 Å². The van der Waals surface area contributed by atoms with E-state index in [4.69, 9.17) is 0 Å². The second-order valence-electron chi connectivity index (χ2n) is 5.56. The molecule has 1 aromatic heterocycles. The van der Waals surface area contributed by atoms with Crippen molar-refractivity contribution in [1.29, 1.82) is 0 Å². The molecule has 0 spiro atoms. The molecule has 3 rings (SSSR count). The van der Waals surface area contributed by atoms with Crippen LogP contribution in [0.2, 0.25) is 0 Å². The number of sulfonamides is 1. The summed E-state index contributed by atoms with van der Waals surface area (Å²) in [6.07, 6.45) is 1.32. The van der Waals surface area contributed by atoms with Gasteiger partial charge in [-0.15, -0.1) is 11.3 Å². The van der Waals surface area contributed by atoms with Gasteiger partial charge in [0.1, 0.15) is 4.21 Å². The number of nitrogens with one attached hydrogen (secondary N) is 1. The van der Waals surface area contributed by atoms with Crippen LogP contribution in [0.1, 0.15) is 12.8 Å². The number of nitrogens with zero attached hydrogens (tertiary/aromatic N) is 2. The van der Waals surface area contributed by atoms with Gasteiger partial charge in [-0.2, -0.15) is 4.31 Å². The van der Waals surface area contributed by atoms with Gasteiger partial charge in [0, 0.05) is 37.0 Å². The Morgan fingerprint density at radius 3 is 2.58 bits per heavy atom. The molecule has 1 N–H and O–H groups in total. The monoisotopic (exact) mass is 367 g/mol. The van der Waals surface area contributed by atoms with Gasteiger partial charge in [0.15, 0.2) is 0 Å². The smallest absolute Gasteiger partial charge is 0.271 e. The maximum absolute atomic E-state index is 12.5. The highest BCUT2D eigenvalue weighted by molar-refractivity contribution is 7.91. The number of hydrogen-bond acceptors (Lipinski definition) is 6. The summed E-state index contributed by atoms with van der Waals surface area (Å²) < 4.78 is 26.8. The van der Waals surface area contributed by atoms with E-state index in [1.54, 1.807) is 29.6 Å². The van der Waals surface area contributed by atoms with Crippen molar-refractivity contribution >= 4 is 32.7 Å². The second kappa shape index (κ2) is 6.88. The quantitative estimate of drug-likeness (QED) is 0.648. The molecule has 2 heterocycles. The number of benzene rings is 1. The predicted molar refractivity (Wildman–Crippen MR) is 92.8 cm³/mol. The first kappa shape index (κ1) is 16.9. The molecule has 0 saturated carbocycles. The summed E-state index contributed by atoms with van der Waals surface area (Å²) in [6.45, 7) is 0.875. The average Bonchev–Trinajstić information content (AvgIpc) is 3.11. The molecule has 0 bridgehead atoms. The maximum Gasteiger partial charge on any atom is 0.271 e. The van der Waals surface area contributed by atoms with Crippen LogP contribution in [-0.2, 0) is 10.0 Å². The standard InChI is InChI=1S/C15H17N3O4S2/c19-18(20)14-4-1-3-13(11-14)16-12-6-8-17(9-7-12)24(21,22)15-5-2-10-23-15/h1-5,10-12,16H,6-9H2. The van der Waals surface area contributed by atoms with Crippen molar-refractivity contribution in [2.24, 2.45) is 0 Å². The van der Waals surface area contributed by atoms with E-state index in [1.165, 1.54) is 27.8 Å². The van der Waals surface area contributed by atoms with Crippen LogP contribution in [0, 0.1) is 10.1 Å². The number of nitro groups is 1. The molecule has 1 aliphatic heterocycles. The van der Waals surface area contributed by atoms with Gasteiger partial charge in [-0.3, -0.25) is 10.1 Å². The van der Waals surface area contributed by atoms with Crippen LogP contribution < -0.4 is 5.32 Å². The zero-order valence-electron chi connectivity index (χ0n) is 12.8. The van der Waals surface area contributed by atoms with Crippen molar-refractivity contribution in [2.75, 3.05) is 18.4 Å². The van der Waals surface area contributed by atoms with Gasteiger partial charge in [-0.25, -0.2) is 8.42 Å². The molecule has 1 saturated heterocycles. The summed E-state index contributed by atoms with van der Waals surface area (Å²) >= 11 is 1.22. The Hall–Kier alpha value is -1.97. The van der Waals surface area contributed by atoms with Crippen molar-refractivity contribution in [2.45, 2.75) is 23.1 Å². The minimum absolute atomic E-state index is 0.0395. The minimum Gasteiger partial charge on any atom is -0.382 e. The Morgan fingerprint density at radius 2 is 1.96 bits per heavy atom. The molecule has 9 heteroatoms. The van der Waals surface area contributed by atoms with E-state index in [0.29, 0.717) is 35.8 Å². The van der Waals surface area contributed by atoms with E-state index in [1.807, 2.05) is 0 Å². The van der Waals surface area contributed by atoms with Crippen LogP contribution in [0.15, 0.2) is 46.0 Å². The van der Waals surface area contributed by atoms with E-state index in [2.05, 4.69) is 5.32 Å². The molecule has 0 unspecified atom stereocenters. The fraction of sp³-hybridized carbons (Fsp3) is 0.333. The zero-order valence-corrected chi connectivity index (χ0v) is 14.4. The Morgan fingerprint density at radius 1 is 1.21 bits per heavy atom. The molecule has 24 heavy (non-hydrogen) atoms. The van der Waals surface area contributed by atoms with Crippen LogP contribution in [0.3, 0.4) is 0 Å². The summed E-state index contributed by atoms with van der Waals surface area (Å²) in [4.78, 5) is 10.4. The number of hydrogen-bond donors (Lipinski definition) is 1. The van der Waals surface area contributed by atoms with E-state index in [0.717, 1.165) is 0 Å². The number of thiophene rings is 1. The lowest BCUT2D eigenvalue weighted by Gasteiger charge is -2.31. The summed E-state index contributed by atoms with van der Waals surface area (Å²) in [5.74, 6) is 0. The Bertz CT molecular complexity index is 813. The third kappa shape index (κ3) is 3.58. The van der Waals surface area contributed by atoms with Crippen LogP contribution in [0.25, 0.3) is 0 Å². The molecule has 2 aromatic rings. The number of rotatable bonds is 5. The first-order valence-electron chi connectivity index (χ1n) is 7.51. The molecule has 0 aliphatic carbocycles. The summed E-state index contributed by atoms with van der Waals surface area (Å²) in [5.41, 5.74) is 0.724. The second-order valence-corrected chi connectivity index (χ2v) is 8.67. The first-order chi connectivity index (χ1) is 11.5. The molecule has 1 aromatic carbocycles. The van der Waals surface area contributed by atoms with Gasteiger partial charge in [0.25, 0.3) is 15.7 Å². The molecule has 0 amide bonds. The fourth-order valence-electron chi connectivity index (χ4n) is 2.72. The van der Waals surface area contributed by atoms with Crippen molar-refractivity contribution in [1.82, 2.24) is 4.31 Å². The van der Waals surface area contributed by atoms with Gasteiger partial charge in [-0.1, -0.05) is 12.1 Å². The van der Waals surface area contributed by atoms with Crippen LogP contribution in [0.4, 0.5) is 11.4 Å². The molecular weight excluding hydrogens is 350 g/mol. The fourth-order valence-corrected chi connectivity index (χ4v) is 5.34. The van der Waals surface area contributed by atoms with Crippen LogP contribution in [-0.4, -0.2) is 36.8 Å². The largest absolute Gasteiger partial charge is 0.382 e. The number of nitro benzene ring substituents is 1. The molecule has 1 fully saturated rings. The number of anilines is 1. The maximum atomic E-state index is 12.5. The van der Waals surface area contributed by atoms with Gasteiger partial charge in [0.05, 0.1) is 4.92 Å². The number of piperidine rings is 1. The van der Waals surface area contributed by atoms with Crippen molar-refractivity contribution < 1.29 is 13.3 Å². The molecule has 128 valence electrons. The molecular formula is C15H17N3O4S2. The normalized spacial score (nSPS) is 16.8. The van der Waals surface area contributed by atoms with Gasteiger partial charge >= 0.3 is 0 Å². The van der Waals surface area contributed by atoms with Crippen molar-refractivity contribution in [3.05, 3.63) is 51.9 Å². The highest BCUT2D eigenvalue weighted by atomic mass is 32.2. The lowest BCUT2D eigenvalue weighted by Crippen LogP contribution is -2.42. The molecule has 0 radical (unpaired) electrons. The lowest BCUT2D eigenvalue weighted by atomic mass is 10.1. The zero-order chi connectivity index (χ0) is 17.2. The van der Waals surface area contributed by atoms with Crippen LogP contribution >= 0.6 is 11.3 Å². The highest BCUT2D eigenvalue weighted by Crippen LogP contribution is 2.26. The molecule has 1 aliphatic rings. The van der Waals surface area contributed by atoms with E-state index in [9.17, 15) is 18.5 Å². The van der Waals surface area contributed by atoms with E-state index >= 15 is 0 Å². The average molecular weight is 367 g/mol. The Labute approximate surface area is 144 Å². The first-order valence-corrected chi connectivity index (χ1v) is 9.83.